The number of hydrogen-bond donors (Lipinski definition) is 1. The van der Waals surface area contributed by atoms with E-state index in [1.54, 1.807) is 0 Å². The number of benzene rings is 1. The van der Waals surface area contributed by atoms with E-state index >= 15 is 0 Å². The smallest absolute Gasteiger partial charge is 0.126 e. The zero-order valence-corrected chi connectivity index (χ0v) is 13.2. The number of ether oxygens (including phenoxy) is 1. The molecule has 3 N–H and O–H groups in total. The van der Waals surface area contributed by atoms with E-state index in [0.29, 0.717) is 0 Å². The lowest BCUT2D eigenvalue weighted by molar-refractivity contribution is 0.394. The van der Waals surface area contributed by atoms with E-state index in [1.807, 2.05) is 30.3 Å². The molecule has 0 unspecified atom stereocenters. The van der Waals surface area contributed by atoms with Crippen molar-refractivity contribution < 1.29 is 4.74 Å². The summed E-state index contributed by atoms with van der Waals surface area (Å²) in [5, 5.41) is 0. The van der Waals surface area contributed by atoms with Crippen LogP contribution in [0, 0.1) is 0 Å². The molecule has 0 heterocycles. The van der Waals surface area contributed by atoms with Gasteiger partial charge in [0.25, 0.3) is 0 Å². The summed E-state index contributed by atoms with van der Waals surface area (Å²) >= 11 is 0. The Hall–Kier alpha value is -1.28. The van der Waals surface area contributed by atoms with Crippen LogP contribution < -0.4 is 10.9 Å². The van der Waals surface area contributed by atoms with Crippen LogP contribution in [0.15, 0.2) is 42.2 Å². The van der Waals surface area contributed by atoms with E-state index in [0.717, 1.165) is 17.9 Å². The van der Waals surface area contributed by atoms with E-state index < -0.39 is 0 Å². The van der Waals surface area contributed by atoms with E-state index in [9.17, 15) is 0 Å². The average Bonchev–Trinajstić information content (AvgIpc) is 2.46. The van der Waals surface area contributed by atoms with Crippen LogP contribution in [0.5, 0.6) is 5.75 Å². The van der Waals surface area contributed by atoms with Gasteiger partial charge in [-0.15, -0.1) is 0 Å². The first kappa shape index (κ1) is 18.7. The lowest BCUT2D eigenvalue weighted by Crippen LogP contribution is -1.95. The number of allylic oxidation sites excluding steroid dienone is 2. The van der Waals surface area contributed by atoms with Crippen LogP contribution in [-0.4, -0.2) is 0 Å². The highest BCUT2D eigenvalue weighted by molar-refractivity contribution is 5.23. The summed E-state index contributed by atoms with van der Waals surface area (Å²) in [7, 11) is 0. The van der Waals surface area contributed by atoms with Crippen LogP contribution in [0.2, 0.25) is 0 Å². The standard InChI is InChI=1S/C18H28O.H3N/c1-3-5-6-7-8-9-11-14-17(4-2)19-18-15-12-10-13-16-18;/h4,10,12-13,15-16H,3,5-9,11,14H2,1-2H3;1H3. The van der Waals surface area contributed by atoms with Crippen molar-refractivity contribution in [2.45, 2.75) is 65.2 Å². The van der Waals surface area contributed by atoms with Gasteiger partial charge in [-0.05, 0) is 31.6 Å². The minimum absolute atomic E-state index is 0. The predicted octanol–water partition coefficient (Wildman–Crippen LogP) is 6.27. The molecule has 0 fully saturated rings. The Balaban J connectivity index is 0.00000361. The summed E-state index contributed by atoms with van der Waals surface area (Å²) in [6.45, 7) is 4.32. The summed E-state index contributed by atoms with van der Waals surface area (Å²) < 4.78 is 5.87. The van der Waals surface area contributed by atoms with Crippen LogP contribution in [0.25, 0.3) is 0 Å². The Kier molecular flexibility index (Phi) is 11.9. The fourth-order valence-electron chi connectivity index (χ4n) is 2.15. The van der Waals surface area contributed by atoms with E-state index in [2.05, 4.69) is 19.9 Å². The molecule has 1 aromatic carbocycles. The lowest BCUT2D eigenvalue weighted by Gasteiger charge is -2.09. The zero-order valence-electron chi connectivity index (χ0n) is 13.2. The molecular weight excluding hydrogens is 246 g/mol. The molecule has 20 heavy (non-hydrogen) atoms. The van der Waals surface area contributed by atoms with Gasteiger partial charge in [0, 0.05) is 6.42 Å². The minimum atomic E-state index is 0. The molecule has 0 amide bonds. The lowest BCUT2D eigenvalue weighted by atomic mass is 10.1. The topological polar surface area (TPSA) is 44.2 Å². The van der Waals surface area contributed by atoms with Crippen molar-refractivity contribution >= 4 is 0 Å². The van der Waals surface area contributed by atoms with Gasteiger partial charge >= 0.3 is 0 Å². The number of rotatable bonds is 10. The van der Waals surface area contributed by atoms with Crippen LogP contribution >= 0.6 is 0 Å². The highest BCUT2D eigenvalue weighted by Gasteiger charge is 2.00. The first-order valence-electron chi connectivity index (χ1n) is 7.75. The molecule has 0 aliphatic carbocycles. The molecule has 0 saturated carbocycles. The van der Waals surface area contributed by atoms with Crippen LogP contribution in [-0.2, 0) is 0 Å². The van der Waals surface area contributed by atoms with Crippen molar-refractivity contribution in [1.29, 1.82) is 0 Å². The maximum absolute atomic E-state index is 5.87. The first-order chi connectivity index (χ1) is 9.36. The monoisotopic (exact) mass is 277 g/mol. The maximum atomic E-state index is 5.87. The summed E-state index contributed by atoms with van der Waals surface area (Å²) in [5.41, 5.74) is 0. The Morgan fingerprint density at radius 1 is 0.950 bits per heavy atom. The second-order valence-corrected chi connectivity index (χ2v) is 5.04. The third-order valence-corrected chi connectivity index (χ3v) is 3.34. The van der Waals surface area contributed by atoms with Gasteiger partial charge in [-0.3, -0.25) is 0 Å². The zero-order chi connectivity index (χ0) is 13.8. The summed E-state index contributed by atoms with van der Waals surface area (Å²) in [5.74, 6) is 2.04. The van der Waals surface area contributed by atoms with Gasteiger partial charge in [0.2, 0.25) is 0 Å². The van der Waals surface area contributed by atoms with Crippen molar-refractivity contribution in [3.63, 3.8) is 0 Å². The molecule has 0 spiro atoms. The highest BCUT2D eigenvalue weighted by atomic mass is 16.5. The molecule has 0 radical (unpaired) electrons. The van der Waals surface area contributed by atoms with Crippen molar-refractivity contribution in [1.82, 2.24) is 6.15 Å². The van der Waals surface area contributed by atoms with Crippen LogP contribution in [0.3, 0.4) is 0 Å². The Labute approximate surface area is 124 Å². The molecule has 0 saturated heterocycles. The Morgan fingerprint density at radius 3 is 2.15 bits per heavy atom. The number of hydrogen-bond acceptors (Lipinski definition) is 2. The van der Waals surface area contributed by atoms with Crippen LogP contribution in [0.4, 0.5) is 0 Å². The van der Waals surface area contributed by atoms with Gasteiger partial charge in [0.15, 0.2) is 0 Å². The van der Waals surface area contributed by atoms with Crippen molar-refractivity contribution in [2.75, 3.05) is 0 Å². The highest BCUT2D eigenvalue weighted by Crippen LogP contribution is 2.17. The largest absolute Gasteiger partial charge is 0.462 e. The quantitative estimate of drug-likeness (QED) is 0.404. The number of para-hydroxylation sites is 1. The molecule has 0 atom stereocenters. The molecule has 2 heteroatoms. The molecule has 0 aromatic heterocycles. The summed E-state index contributed by atoms with van der Waals surface area (Å²) in [6, 6.07) is 10.0. The van der Waals surface area contributed by atoms with Crippen LogP contribution in [0.1, 0.15) is 65.2 Å². The molecule has 1 rings (SSSR count). The fraction of sp³-hybridized carbons (Fsp3) is 0.556. The Bertz CT molecular complexity index is 346. The number of unbranched alkanes of at least 4 members (excludes halogenated alkanes) is 6. The van der Waals surface area contributed by atoms with Gasteiger partial charge in [-0.2, -0.15) is 0 Å². The SMILES string of the molecule is CC=C(CCCCCCCCC)Oc1ccccc1.N. The van der Waals surface area contributed by atoms with Crippen molar-refractivity contribution in [3.05, 3.63) is 42.2 Å². The third-order valence-electron chi connectivity index (χ3n) is 3.34. The molecule has 114 valence electrons. The predicted molar refractivity (Wildman–Crippen MR) is 88.5 cm³/mol. The minimum Gasteiger partial charge on any atom is -0.462 e. The Morgan fingerprint density at radius 2 is 1.55 bits per heavy atom. The molecule has 0 bridgehead atoms. The third kappa shape index (κ3) is 8.76. The second kappa shape index (κ2) is 12.7. The molecular formula is C18H31NO. The van der Waals surface area contributed by atoms with Crippen molar-refractivity contribution in [2.24, 2.45) is 0 Å². The van der Waals surface area contributed by atoms with Gasteiger partial charge in [-0.1, -0.05) is 63.6 Å². The maximum Gasteiger partial charge on any atom is 0.126 e. The average molecular weight is 277 g/mol. The van der Waals surface area contributed by atoms with E-state index in [-0.39, 0.29) is 6.15 Å². The van der Waals surface area contributed by atoms with E-state index in [1.165, 1.54) is 44.9 Å². The second-order valence-electron chi connectivity index (χ2n) is 5.04. The van der Waals surface area contributed by atoms with Gasteiger partial charge in [-0.25, -0.2) is 0 Å². The molecule has 0 aliphatic rings. The van der Waals surface area contributed by atoms with Gasteiger partial charge in [0.1, 0.15) is 5.75 Å². The van der Waals surface area contributed by atoms with Gasteiger partial charge in [0.05, 0.1) is 5.76 Å². The van der Waals surface area contributed by atoms with Crippen molar-refractivity contribution in [3.8, 4) is 5.75 Å². The first-order valence-corrected chi connectivity index (χ1v) is 7.75. The fourth-order valence-corrected chi connectivity index (χ4v) is 2.15. The van der Waals surface area contributed by atoms with Gasteiger partial charge < -0.3 is 10.9 Å². The molecule has 0 aliphatic heterocycles. The molecule has 2 nitrogen and oxygen atoms in total. The summed E-state index contributed by atoms with van der Waals surface area (Å²) in [6.07, 6.45) is 12.6. The van der Waals surface area contributed by atoms with E-state index in [4.69, 9.17) is 4.74 Å². The molecule has 1 aromatic rings. The normalized spacial score (nSPS) is 11.0. The summed E-state index contributed by atoms with van der Waals surface area (Å²) in [4.78, 5) is 0.